The highest BCUT2D eigenvalue weighted by Crippen LogP contribution is 2.29. The van der Waals surface area contributed by atoms with Gasteiger partial charge in [0.25, 0.3) is 0 Å². The van der Waals surface area contributed by atoms with Crippen LogP contribution in [-0.2, 0) is 35.0 Å². The molecular weight excluding hydrogens is 312 g/mol. The molecule has 2 atom stereocenters. The van der Waals surface area contributed by atoms with E-state index in [-0.39, 0.29) is 12.9 Å². The molecule has 6 heteroatoms. The molecule has 1 aromatic carbocycles. The smallest absolute Gasteiger partial charge is 0.218 e. The van der Waals surface area contributed by atoms with Gasteiger partial charge in [-0.15, -0.1) is 0 Å². The summed E-state index contributed by atoms with van der Waals surface area (Å²) >= 11 is 0. The summed E-state index contributed by atoms with van der Waals surface area (Å²) in [6, 6.07) is 10.0. The third-order valence-corrected chi connectivity index (χ3v) is 3.99. The van der Waals surface area contributed by atoms with Gasteiger partial charge < -0.3 is 28.4 Å². The Kier molecular flexibility index (Phi) is 8.66. The maximum absolute atomic E-state index is 5.89. The second-order valence-electron chi connectivity index (χ2n) is 5.66. The van der Waals surface area contributed by atoms with Gasteiger partial charge in [-0.2, -0.15) is 0 Å². The van der Waals surface area contributed by atoms with E-state index in [1.165, 1.54) is 0 Å². The molecule has 0 amide bonds. The van der Waals surface area contributed by atoms with Crippen LogP contribution in [-0.4, -0.2) is 59.3 Å². The molecule has 0 spiro atoms. The van der Waals surface area contributed by atoms with Crippen LogP contribution in [0.5, 0.6) is 0 Å². The molecule has 1 aliphatic heterocycles. The molecule has 1 aromatic rings. The Bertz CT molecular complexity index is 440. The van der Waals surface area contributed by atoms with Crippen LogP contribution in [0.1, 0.15) is 18.4 Å². The average molecular weight is 340 g/mol. The van der Waals surface area contributed by atoms with Crippen molar-refractivity contribution >= 4 is 0 Å². The Labute approximate surface area is 143 Å². The molecule has 1 heterocycles. The van der Waals surface area contributed by atoms with E-state index in [1.807, 2.05) is 30.3 Å². The predicted octanol–water partition coefficient (Wildman–Crippen LogP) is 2.36. The first-order valence-corrected chi connectivity index (χ1v) is 8.30. The Balaban J connectivity index is 1.83. The third kappa shape index (κ3) is 5.81. The SMILES string of the molecule is COCCOCOC1CCCOC1(COCc1ccccc1)OC. The summed E-state index contributed by atoms with van der Waals surface area (Å²) < 4.78 is 33.5. The Hall–Kier alpha value is -1.02. The Morgan fingerprint density at radius 1 is 1.12 bits per heavy atom. The number of benzene rings is 1. The first-order chi connectivity index (χ1) is 11.8. The van der Waals surface area contributed by atoms with E-state index in [9.17, 15) is 0 Å². The summed E-state index contributed by atoms with van der Waals surface area (Å²) in [5.74, 6) is -0.891. The molecule has 2 unspecified atom stereocenters. The van der Waals surface area contributed by atoms with Crippen LogP contribution in [0, 0.1) is 0 Å². The monoisotopic (exact) mass is 340 g/mol. The van der Waals surface area contributed by atoms with Crippen LogP contribution in [0.3, 0.4) is 0 Å². The summed E-state index contributed by atoms with van der Waals surface area (Å²) in [5, 5.41) is 0. The number of ether oxygens (including phenoxy) is 6. The molecule has 0 radical (unpaired) electrons. The molecule has 1 aliphatic rings. The minimum atomic E-state index is -0.891. The van der Waals surface area contributed by atoms with Crippen LogP contribution < -0.4 is 0 Å². The fourth-order valence-corrected chi connectivity index (χ4v) is 2.64. The van der Waals surface area contributed by atoms with Gasteiger partial charge in [0.05, 0.1) is 26.4 Å². The molecule has 0 aliphatic carbocycles. The largest absolute Gasteiger partial charge is 0.382 e. The lowest BCUT2D eigenvalue weighted by Crippen LogP contribution is -2.54. The van der Waals surface area contributed by atoms with Gasteiger partial charge in [-0.05, 0) is 18.4 Å². The molecule has 1 saturated heterocycles. The van der Waals surface area contributed by atoms with Crippen LogP contribution in [0.2, 0.25) is 0 Å². The normalized spacial score (nSPS) is 24.2. The first kappa shape index (κ1) is 19.3. The topological polar surface area (TPSA) is 55.4 Å². The van der Waals surface area contributed by atoms with Crippen molar-refractivity contribution in [3.05, 3.63) is 35.9 Å². The van der Waals surface area contributed by atoms with Crippen LogP contribution >= 0.6 is 0 Å². The summed E-state index contributed by atoms with van der Waals surface area (Å²) in [6.07, 6.45) is 1.54. The van der Waals surface area contributed by atoms with E-state index in [0.29, 0.717) is 33.0 Å². The van der Waals surface area contributed by atoms with Gasteiger partial charge in [0.15, 0.2) is 0 Å². The quantitative estimate of drug-likeness (QED) is 0.455. The number of hydrogen-bond acceptors (Lipinski definition) is 6. The van der Waals surface area contributed by atoms with Crippen molar-refractivity contribution < 1.29 is 28.4 Å². The van der Waals surface area contributed by atoms with Gasteiger partial charge in [-0.3, -0.25) is 0 Å². The molecule has 1 fully saturated rings. The van der Waals surface area contributed by atoms with Crippen molar-refractivity contribution in [2.45, 2.75) is 31.3 Å². The third-order valence-electron chi connectivity index (χ3n) is 3.99. The van der Waals surface area contributed by atoms with Gasteiger partial charge in [0.2, 0.25) is 5.79 Å². The highest BCUT2D eigenvalue weighted by Gasteiger charge is 2.44. The van der Waals surface area contributed by atoms with Crippen molar-refractivity contribution in [2.75, 3.05) is 47.4 Å². The van der Waals surface area contributed by atoms with Crippen molar-refractivity contribution in [3.63, 3.8) is 0 Å². The molecular formula is C18H28O6. The molecule has 0 bridgehead atoms. The second kappa shape index (κ2) is 10.8. The maximum atomic E-state index is 5.89. The van der Waals surface area contributed by atoms with E-state index in [4.69, 9.17) is 28.4 Å². The summed E-state index contributed by atoms with van der Waals surface area (Å²) in [7, 11) is 3.26. The molecule has 0 N–H and O–H groups in total. The summed E-state index contributed by atoms with van der Waals surface area (Å²) in [5.41, 5.74) is 1.11. The second-order valence-corrected chi connectivity index (χ2v) is 5.66. The van der Waals surface area contributed by atoms with E-state index < -0.39 is 5.79 Å². The zero-order chi connectivity index (χ0) is 17.1. The fraction of sp³-hybridized carbons (Fsp3) is 0.667. The van der Waals surface area contributed by atoms with E-state index in [1.54, 1.807) is 14.2 Å². The van der Waals surface area contributed by atoms with Crippen LogP contribution in [0.15, 0.2) is 30.3 Å². The minimum Gasteiger partial charge on any atom is -0.382 e. The lowest BCUT2D eigenvalue weighted by atomic mass is 10.0. The highest BCUT2D eigenvalue weighted by molar-refractivity contribution is 5.13. The molecule has 136 valence electrons. The predicted molar refractivity (Wildman–Crippen MR) is 88.6 cm³/mol. The number of methoxy groups -OCH3 is 2. The zero-order valence-electron chi connectivity index (χ0n) is 14.6. The van der Waals surface area contributed by atoms with Gasteiger partial charge in [0.1, 0.15) is 19.5 Å². The van der Waals surface area contributed by atoms with Gasteiger partial charge in [-0.25, -0.2) is 0 Å². The Morgan fingerprint density at radius 2 is 1.96 bits per heavy atom. The highest BCUT2D eigenvalue weighted by atomic mass is 16.7. The van der Waals surface area contributed by atoms with Crippen molar-refractivity contribution in [2.24, 2.45) is 0 Å². The van der Waals surface area contributed by atoms with Gasteiger partial charge >= 0.3 is 0 Å². The number of rotatable bonds is 11. The van der Waals surface area contributed by atoms with Crippen LogP contribution in [0.25, 0.3) is 0 Å². The van der Waals surface area contributed by atoms with Crippen molar-refractivity contribution in [3.8, 4) is 0 Å². The Morgan fingerprint density at radius 3 is 2.71 bits per heavy atom. The molecule has 24 heavy (non-hydrogen) atoms. The van der Waals surface area contributed by atoms with E-state index in [0.717, 1.165) is 18.4 Å². The molecule has 0 saturated carbocycles. The van der Waals surface area contributed by atoms with Gasteiger partial charge in [-0.1, -0.05) is 30.3 Å². The van der Waals surface area contributed by atoms with Crippen molar-refractivity contribution in [1.82, 2.24) is 0 Å². The fourth-order valence-electron chi connectivity index (χ4n) is 2.64. The number of hydrogen-bond donors (Lipinski definition) is 0. The molecule has 2 rings (SSSR count). The maximum Gasteiger partial charge on any atom is 0.218 e. The average Bonchev–Trinajstić information content (AvgIpc) is 2.63. The minimum absolute atomic E-state index is 0.182. The van der Waals surface area contributed by atoms with Crippen LogP contribution in [0.4, 0.5) is 0 Å². The summed E-state index contributed by atoms with van der Waals surface area (Å²) in [6.45, 7) is 2.66. The zero-order valence-corrected chi connectivity index (χ0v) is 14.6. The standard InChI is InChI=1S/C18H28O6/c1-19-11-12-21-15-23-17-9-6-10-24-18(17,20-2)14-22-13-16-7-4-3-5-8-16/h3-5,7-8,17H,6,9-15H2,1-2H3. The summed E-state index contributed by atoms with van der Waals surface area (Å²) in [4.78, 5) is 0. The van der Waals surface area contributed by atoms with Gasteiger partial charge in [0, 0.05) is 14.2 Å². The molecule has 6 nitrogen and oxygen atoms in total. The molecule has 0 aromatic heterocycles. The first-order valence-electron chi connectivity index (χ1n) is 8.30. The lowest BCUT2D eigenvalue weighted by Gasteiger charge is -2.41. The van der Waals surface area contributed by atoms with E-state index >= 15 is 0 Å². The van der Waals surface area contributed by atoms with Crippen molar-refractivity contribution in [1.29, 1.82) is 0 Å². The lowest BCUT2D eigenvalue weighted by molar-refractivity contribution is -0.326. The van der Waals surface area contributed by atoms with E-state index in [2.05, 4.69) is 0 Å².